The molecule has 3 aromatic rings. The number of hydrogen-bond acceptors (Lipinski definition) is 4. The number of anilines is 1. The maximum atomic E-state index is 5.88. The zero-order valence-electron chi connectivity index (χ0n) is 18.0. The molecular weight excluding hydrogens is 410 g/mol. The molecule has 0 aliphatic carbocycles. The van der Waals surface area contributed by atoms with Crippen LogP contribution in [-0.2, 0) is 6.54 Å². The number of aromatic nitrogens is 1. The van der Waals surface area contributed by atoms with Crippen LogP contribution in [0.1, 0.15) is 24.2 Å². The number of ether oxygens (including phenoxy) is 3. The maximum Gasteiger partial charge on any atom is 0.174 e. The summed E-state index contributed by atoms with van der Waals surface area (Å²) < 4.78 is 18.8. The smallest absolute Gasteiger partial charge is 0.174 e. The van der Waals surface area contributed by atoms with Crippen molar-refractivity contribution >= 4 is 23.0 Å². The van der Waals surface area contributed by atoms with E-state index in [1.807, 2.05) is 37.3 Å². The molecule has 1 N–H and O–H groups in total. The van der Waals surface area contributed by atoms with E-state index in [2.05, 4.69) is 45.2 Å². The summed E-state index contributed by atoms with van der Waals surface area (Å²) in [5.41, 5.74) is 3.14. The molecule has 0 saturated carbocycles. The molecule has 0 saturated heterocycles. The minimum absolute atomic E-state index is 0.00368. The first-order chi connectivity index (χ1) is 15.1. The Hall–Kier alpha value is -3.19. The number of thiocarbonyl (C=S) groups is 1. The van der Waals surface area contributed by atoms with Gasteiger partial charge in [0.2, 0.25) is 0 Å². The van der Waals surface area contributed by atoms with Gasteiger partial charge in [0.1, 0.15) is 17.2 Å². The topological polar surface area (TPSA) is 47.9 Å². The predicted molar refractivity (Wildman–Crippen MR) is 126 cm³/mol. The third-order valence-electron chi connectivity index (χ3n) is 5.45. The van der Waals surface area contributed by atoms with Gasteiger partial charge in [-0.25, -0.2) is 0 Å². The van der Waals surface area contributed by atoms with Crippen LogP contribution in [0.25, 0.3) is 0 Å². The minimum atomic E-state index is -0.00368. The fourth-order valence-electron chi connectivity index (χ4n) is 3.96. The van der Waals surface area contributed by atoms with Gasteiger partial charge in [-0.2, -0.15) is 0 Å². The number of rotatable bonds is 6. The standard InChI is InChI=1S/C24H27N3O3S/c1-4-30-18-9-7-17(8-10-18)23-21-6-5-13-26(21)14-15-27(23)24(31)25-20-16-19(28-2)11-12-22(20)29-3/h5-13,16,23H,4,14-15H2,1-3H3,(H,25,31). The van der Waals surface area contributed by atoms with E-state index in [1.54, 1.807) is 14.2 Å². The molecular formula is C24H27N3O3S. The van der Waals surface area contributed by atoms with Crippen LogP contribution in [0, 0.1) is 0 Å². The zero-order valence-corrected chi connectivity index (χ0v) is 18.8. The number of hydrogen-bond donors (Lipinski definition) is 1. The van der Waals surface area contributed by atoms with Crippen LogP contribution >= 0.6 is 12.2 Å². The maximum absolute atomic E-state index is 5.88. The molecule has 162 valence electrons. The highest BCUT2D eigenvalue weighted by Gasteiger charge is 2.31. The van der Waals surface area contributed by atoms with Crippen LogP contribution in [0.3, 0.4) is 0 Å². The molecule has 2 aromatic carbocycles. The predicted octanol–water partition coefficient (Wildman–Crippen LogP) is 4.71. The molecule has 2 heterocycles. The summed E-state index contributed by atoms with van der Waals surface area (Å²) in [6.45, 7) is 4.29. The van der Waals surface area contributed by atoms with Gasteiger partial charge in [-0.05, 0) is 61.1 Å². The number of nitrogens with zero attached hydrogens (tertiary/aromatic N) is 2. The van der Waals surface area contributed by atoms with Crippen molar-refractivity contribution in [2.45, 2.75) is 19.5 Å². The summed E-state index contributed by atoms with van der Waals surface area (Å²) in [6.07, 6.45) is 2.12. The fourth-order valence-corrected chi connectivity index (χ4v) is 4.27. The average Bonchev–Trinajstić information content (AvgIpc) is 3.28. The normalized spacial score (nSPS) is 15.2. The highest BCUT2D eigenvalue weighted by atomic mass is 32.1. The van der Waals surface area contributed by atoms with Crippen LogP contribution in [0.5, 0.6) is 17.2 Å². The Balaban J connectivity index is 1.65. The van der Waals surface area contributed by atoms with Gasteiger partial charge in [0.25, 0.3) is 0 Å². The van der Waals surface area contributed by atoms with Crippen molar-refractivity contribution in [1.82, 2.24) is 9.47 Å². The van der Waals surface area contributed by atoms with Gasteiger partial charge in [0.05, 0.1) is 32.6 Å². The van der Waals surface area contributed by atoms with E-state index >= 15 is 0 Å². The van der Waals surface area contributed by atoms with Crippen molar-refractivity contribution in [2.24, 2.45) is 0 Å². The van der Waals surface area contributed by atoms with Crippen molar-refractivity contribution < 1.29 is 14.2 Å². The molecule has 0 spiro atoms. The largest absolute Gasteiger partial charge is 0.497 e. The summed E-state index contributed by atoms with van der Waals surface area (Å²) in [5.74, 6) is 2.31. The number of nitrogens with one attached hydrogen (secondary N) is 1. The second kappa shape index (κ2) is 9.31. The van der Waals surface area contributed by atoms with E-state index in [4.69, 9.17) is 26.4 Å². The molecule has 1 aromatic heterocycles. The molecule has 1 aliphatic rings. The molecule has 4 rings (SSSR count). The first-order valence-corrected chi connectivity index (χ1v) is 10.7. The highest BCUT2D eigenvalue weighted by molar-refractivity contribution is 7.80. The van der Waals surface area contributed by atoms with Gasteiger partial charge in [-0.3, -0.25) is 0 Å². The van der Waals surface area contributed by atoms with Crippen molar-refractivity contribution in [3.05, 3.63) is 72.1 Å². The number of methoxy groups -OCH3 is 2. The second-order valence-electron chi connectivity index (χ2n) is 7.22. The van der Waals surface area contributed by atoms with Crippen molar-refractivity contribution in [3.8, 4) is 17.2 Å². The van der Waals surface area contributed by atoms with Crippen LogP contribution in [0.2, 0.25) is 0 Å². The molecule has 0 bridgehead atoms. The Morgan fingerprint density at radius 3 is 2.52 bits per heavy atom. The summed E-state index contributed by atoms with van der Waals surface area (Å²) >= 11 is 5.88. The lowest BCUT2D eigenvalue weighted by Gasteiger charge is -2.39. The van der Waals surface area contributed by atoms with E-state index in [9.17, 15) is 0 Å². The van der Waals surface area contributed by atoms with Gasteiger partial charge in [0.15, 0.2) is 5.11 Å². The monoisotopic (exact) mass is 437 g/mol. The van der Waals surface area contributed by atoms with Crippen molar-refractivity contribution in [1.29, 1.82) is 0 Å². The zero-order chi connectivity index (χ0) is 21.8. The van der Waals surface area contributed by atoms with Crippen molar-refractivity contribution in [3.63, 3.8) is 0 Å². The fraction of sp³-hybridized carbons (Fsp3) is 0.292. The Morgan fingerprint density at radius 2 is 1.81 bits per heavy atom. The summed E-state index contributed by atoms with van der Waals surface area (Å²) in [5, 5.41) is 4.02. The van der Waals surface area contributed by atoms with Crippen LogP contribution < -0.4 is 19.5 Å². The van der Waals surface area contributed by atoms with Crippen LogP contribution in [0.4, 0.5) is 5.69 Å². The minimum Gasteiger partial charge on any atom is -0.497 e. The third kappa shape index (κ3) is 4.32. The first kappa shape index (κ1) is 21.1. The Bertz CT molecular complexity index is 1050. The molecule has 1 unspecified atom stereocenters. The quantitative estimate of drug-likeness (QED) is 0.564. The number of fused-ring (bicyclic) bond motifs is 1. The average molecular weight is 438 g/mol. The Morgan fingerprint density at radius 1 is 1.03 bits per heavy atom. The van der Waals surface area contributed by atoms with E-state index in [-0.39, 0.29) is 6.04 Å². The SMILES string of the molecule is CCOc1ccc(C2c3cccn3CCN2C(=S)Nc2cc(OC)ccc2OC)cc1. The molecule has 1 aliphatic heterocycles. The van der Waals surface area contributed by atoms with Gasteiger partial charge < -0.3 is 29.0 Å². The van der Waals surface area contributed by atoms with Crippen LogP contribution in [0.15, 0.2) is 60.8 Å². The van der Waals surface area contributed by atoms with Gasteiger partial charge in [-0.1, -0.05) is 12.1 Å². The lowest BCUT2D eigenvalue weighted by molar-refractivity contribution is 0.293. The lowest BCUT2D eigenvalue weighted by atomic mass is 10.00. The van der Waals surface area contributed by atoms with E-state index < -0.39 is 0 Å². The number of benzene rings is 2. The van der Waals surface area contributed by atoms with Gasteiger partial charge in [-0.15, -0.1) is 0 Å². The Labute approximate surface area is 188 Å². The van der Waals surface area contributed by atoms with Gasteiger partial charge in [0, 0.05) is 31.0 Å². The molecule has 6 nitrogen and oxygen atoms in total. The van der Waals surface area contributed by atoms with E-state index in [0.717, 1.165) is 35.8 Å². The van der Waals surface area contributed by atoms with Gasteiger partial charge >= 0.3 is 0 Å². The first-order valence-electron chi connectivity index (χ1n) is 10.3. The van der Waals surface area contributed by atoms with Crippen molar-refractivity contribution in [2.75, 3.05) is 32.7 Å². The summed E-state index contributed by atoms with van der Waals surface area (Å²) in [6, 6.07) is 18.1. The second-order valence-corrected chi connectivity index (χ2v) is 7.61. The molecule has 31 heavy (non-hydrogen) atoms. The Kier molecular flexibility index (Phi) is 6.32. The molecule has 0 radical (unpaired) electrons. The lowest BCUT2D eigenvalue weighted by Crippen LogP contribution is -2.44. The van der Waals surface area contributed by atoms with E-state index in [1.165, 1.54) is 5.69 Å². The summed E-state index contributed by atoms with van der Waals surface area (Å²) in [4.78, 5) is 2.22. The molecule has 7 heteroatoms. The third-order valence-corrected chi connectivity index (χ3v) is 5.79. The molecule has 1 atom stereocenters. The summed E-state index contributed by atoms with van der Waals surface area (Å²) in [7, 11) is 3.29. The molecule has 0 amide bonds. The highest BCUT2D eigenvalue weighted by Crippen LogP contribution is 2.35. The van der Waals surface area contributed by atoms with Crippen LogP contribution in [-0.4, -0.2) is 42.0 Å². The molecule has 0 fully saturated rings. The van der Waals surface area contributed by atoms with E-state index in [0.29, 0.717) is 17.5 Å².